The molecule has 0 amide bonds. The van der Waals surface area contributed by atoms with Crippen LogP contribution < -0.4 is 26.3 Å². The summed E-state index contributed by atoms with van der Waals surface area (Å²) < 4.78 is 11.2. The zero-order chi connectivity index (χ0) is 15.6. The van der Waals surface area contributed by atoms with Crippen LogP contribution in [0.15, 0.2) is 48.5 Å². The van der Waals surface area contributed by atoms with Gasteiger partial charge in [-0.15, -0.1) is 0 Å². The fourth-order valence-corrected chi connectivity index (χ4v) is 1.87. The van der Waals surface area contributed by atoms with E-state index < -0.39 is 0 Å². The van der Waals surface area contributed by atoms with Crippen molar-refractivity contribution in [2.75, 3.05) is 37.4 Å². The van der Waals surface area contributed by atoms with Crippen molar-refractivity contribution >= 4 is 11.4 Å². The Morgan fingerprint density at radius 2 is 1.41 bits per heavy atom. The Morgan fingerprint density at radius 1 is 0.818 bits per heavy atom. The van der Waals surface area contributed by atoms with Gasteiger partial charge in [-0.05, 0) is 61.5 Å². The molecule has 118 valence electrons. The van der Waals surface area contributed by atoms with Gasteiger partial charge in [-0.25, -0.2) is 0 Å². The predicted molar refractivity (Wildman–Crippen MR) is 90.4 cm³/mol. The maximum atomic E-state index is 5.62. The third-order valence-electron chi connectivity index (χ3n) is 3.05. The van der Waals surface area contributed by atoms with Gasteiger partial charge in [0.05, 0.1) is 6.61 Å². The van der Waals surface area contributed by atoms with Gasteiger partial charge >= 0.3 is 0 Å². The maximum Gasteiger partial charge on any atom is 0.119 e. The molecule has 0 aliphatic rings. The highest BCUT2D eigenvalue weighted by atomic mass is 16.5. The average Bonchev–Trinajstić information content (AvgIpc) is 2.55. The molecule has 0 aromatic heterocycles. The van der Waals surface area contributed by atoms with Crippen LogP contribution in [0.3, 0.4) is 0 Å². The van der Waals surface area contributed by atoms with E-state index in [4.69, 9.17) is 20.9 Å². The van der Waals surface area contributed by atoms with Crippen LogP contribution in [0.25, 0.3) is 0 Å². The Morgan fingerprint density at radius 3 is 2.05 bits per heavy atom. The lowest BCUT2D eigenvalue weighted by molar-refractivity contribution is 0.313. The molecule has 0 atom stereocenters. The number of ether oxygens (including phenoxy) is 2. The molecule has 0 saturated heterocycles. The van der Waals surface area contributed by atoms with Gasteiger partial charge < -0.3 is 26.3 Å². The van der Waals surface area contributed by atoms with Crippen molar-refractivity contribution in [2.45, 2.75) is 6.42 Å². The second-order valence-electron chi connectivity index (χ2n) is 4.86. The van der Waals surface area contributed by atoms with Gasteiger partial charge in [-0.1, -0.05) is 0 Å². The smallest absolute Gasteiger partial charge is 0.119 e. The molecule has 0 unspecified atom stereocenters. The number of nitrogens with one attached hydrogen (secondary N) is 1. The number of benzene rings is 2. The summed E-state index contributed by atoms with van der Waals surface area (Å²) in [7, 11) is 0. The molecule has 5 N–H and O–H groups in total. The third kappa shape index (κ3) is 5.54. The molecule has 0 fully saturated rings. The van der Waals surface area contributed by atoms with Crippen LogP contribution in [0.1, 0.15) is 6.42 Å². The largest absolute Gasteiger partial charge is 0.494 e. The zero-order valence-corrected chi connectivity index (χ0v) is 12.6. The molecule has 0 heterocycles. The SMILES string of the molecule is NCCCOc1ccc(NCCOc2ccc(N)cc2)cc1. The van der Waals surface area contributed by atoms with E-state index in [0.29, 0.717) is 19.8 Å². The summed E-state index contributed by atoms with van der Waals surface area (Å²) in [5.74, 6) is 1.68. The quantitative estimate of drug-likeness (QED) is 0.489. The second kappa shape index (κ2) is 8.79. The number of hydrogen-bond acceptors (Lipinski definition) is 5. The number of rotatable bonds is 9. The molecule has 0 aliphatic carbocycles. The molecule has 0 radical (unpaired) electrons. The van der Waals surface area contributed by atoms with Gasteiger partial charge in [0.1, 0.15) is 18.1 Å². The molecule has 0 saturated carbocycles. The van der Waals surface area contributed by atoms with Crippen LogP contribution in [0, 0.1) is 0 Å². The Kier molecular flexibility index (Phi) is 6.39. The van der Waals surface area contributed by atoms with Crippen molar-refractivity contribution in [2.24, 2.45) is 5.73 Å². The Bertz CT molecular complexity index is 541. The van der Waals surface area contributed by atoms with E-state index in [1.54, 1.807) is 0 Å². The van der Waals surface area contributed by atoms with Crippen molar-refractivity contribution in [3.8, 4) is 11.5 Å². The summed E-state index contributed by atoms with van der Waals surface area (Å²) in [6, 6.07) is 15.2. The van der Waals surface area contributed by atoms with Crippen molar-refractivity contribution in [3.05, 3.63) is 48.5 Å². The van der Waals surface area contributed by atoms with E-state index in [1.165, 1.54) is 0 Å². The van der Waals surface area contributed by atoms with Gasteiger partial charge in [0.2, 0.25) is 0 Å². The third-order valence-corrected chi connectivity index (χ3v) is 3.05. The number of anilines is 2. The highest BCUT2D eigenvalue weighted by Gasteiger charge is 1.96. The minimum absolute atomic E-state index is 0.582. The van der Waals surface area contributed by atoms with E-state index >= 15 is 0 Å². The summed E-state index contributed by atoms with van der Waals surface area (Å²) >= 11 is 0. The van der Waals surface area contributed by atoms with Crippen LogP contribution in [0.2, 0.25) is 0 Å². The first-order chi connectivity index (χ1) is 10.8. The number of nitrogens with two attached hydrogens (primary N) is 2. The molecule has 5 heteroatoms. The zero-order valence-electron chi connectivity index (χ0n) is 12.6. The minimum atomic E-state index is 0.582. The minimum Gasteiger partial charge on any atom is -0.494 e. The fourth-order valence-electron chi connectivity index (χ4n) is 1.87. The van der Waals surface area contributed by atoms with E-state index in [0.717, 1.165) is 35.8 Å². The molecular weight excluding hydrogens is 278 g/mol. The molecule has 0 bridgehead atoms. The van der Waals surface area contributed by atoms with E-state index in [1.807, 2.05) is 48.5 Å². The summed E-state index contributed by atoms with van der Waals surface area (Å²) in [4.78, 5) is 0. The van der Waals surface area contributed by atoms with E-state index in [2.05, 4.69) is 5.32 Å². The lowest BCUT2D eigenvalue weighted by atomic mass is 10.3. The molecule has 22 heavy (non-hydrogen) atoms. The first-order valence-corrected chi connectivity index (χ1v) is 7.43. The van der Waals surface area contributed by atoms with Crippen molar-refractivity contribution < 1.29 is 9.47 Å². The molecule has 2 aromatic carbocycles. The molecule has 2 rings (SSSR count). The van der Waals surface area contributed by atoms with Crippen LogP contribution in [0.5, 0.6) is 11.5 Å². The predicted octanol–water partition coefficient (Wildman–Crippen LogP) is 2.49. The molecule has 0 aliphatic heterocycles. The average molecular weight is 301 g/mol. The topological polar surface area (TPSA) is 82.5 Å². The summed E-state index contributed by atoms with van der Waals surface area (Å²) in [5.41, 5.74) is 12.8. The molecule has 5 nitrogen and oxygen atoms in total. The van der Waals surface area contributed by atoms with Crippen molar-refractivity contribution in [1.29, 1.82) is 0 Å². The normalized spacial score (nSPS) is 10.2. The van der Waals surface area contributed by atoms with Crippen LogP contribution in [-0.4, -0.2) is 26.3 Å². The van der Waals surface area contributed by atoms with Crippen LogP contribution in [0.4, 0.5) is 11.4 Å². The van der Waals surface area contributed by atoms with Gasteiger partial charge in [0.15, 0.2) is 0 Å². The first kappa shape index (κ1) is 16.0. The second-order valence-corrected chi connectivity index (χ2v) is 4.86. The lowest BCUT2D eigenvalue weighted by Crippen LogP contribution is -2.11. The van der Waals surface area contributed by atoms with E-state index in [9.17, 15) is 0 Å². The number of nitrogen functional groups attached to an aromatic ring is 1. The highest BCUT2D eigenvalue weighted by Crippen LogP contribution is 2.16. The maximum absolute atomic E-state index is 5.62. The van der Waals surface area contributed by atoms with Gasteiger partial charge in [-0.2, -0.15) is 0 Å². The highest BCUT2D eigenvalue weighted by molar-refractivity contribution is 5.46. The Labute approximate surface area is 131 Å². The van der Waals surface area contributed by atoms with Crippen molar-refractivity contribution in [1.82, 2.24) is 0 Å². The van der Waals surface area contributed by atoms with Crippen molar-refractivity contribution in [3.63, 3.8) is 0 Å². The summed E-state index contributed by atoms with van der Waals surface area (Å²) in [6.07, 6.45) is 0.864. The van der Waals surface area contributed by atoms with Crippen LogP contribution in [-0.2, 0) is 0 Å². The van der Waals surface area contributed by atoms with Gasteiger partial charge in [0, 0.05) is 17.9 Å². The van der Waals surface area contributed by atoms with E-state index in [-0.39, 0.29) is 0 Å². The monoisotopic (exact) mass is 301 g/mol. The summed E-state index contributed by atoms with van der Waals surface area (Å²) in [5, 5.41) is 3.30. The first-order valence-electron chi connectivity index (χ1n) is 7.43. The standard InChI is InChI=1S/C17H23N3O2/c18-10-1-12-21-17-8-4-15(5-9-17)20-11-13-22-16-6-2-14(19)3-7-16/h2-9,20H,1,10-13,18-19H2. The Hall–Kier alpha value is -2.40. The molecule has 2 aromatic rings. The van der Waals surface area contributed by atoms with Gasteiger partial charge in [-0.3, -0.25) is 0 Å². The molecule has 0 spiro atoms. The fraction of sp³-hybridized carbons (Fsp3) is 0.294. The van der Waals surface area contributed by atoms with Crippen LogP contribution >= 0.6 is 0 Å². The number of hydrogen-bond donors (Lipinski definition) is 3. The molecular formula is C17H23N3O2. The Balaban J connectivity index is 1.67. The van der Waals surface area contributed by atoms with Gasteiger partial charge in [0.25, 0.3) is 0 Å². The summed E-state index contributed by atoms with van der Waals surface area (Å²) in [6.45, 7) is 2.60. The lowest BCUT2D eigenvalue weighted by Gasteiger charge is -2.10.